The third-order valence-electron chi connectivity index (χ3n) is 7.08. The Bertz CT molecular complexity index is 758. The second-order valence-electron chi connectivity index (χ2n) is 9.40. The normalized spacial score (nSPS) is 40.0. The summed E-state index contributed by atoms with van der Waals surface area (Å²) in [5, 5.41) is 3.69. The van der Waals surface area contributed by atoms with Crippen molar-refractivity contribution in [3.8, 4) is 0 Å². The topological polar surface area (TPSA) is 33.6 Å². The highest BCUT2D eigenvalue weighted by Gasteiger charge is 2.47. The first kappa shape index (κ1) is 17.4. The molecule has 4 bridgehead atoms. The molecular weight excluding hydrogens is 346 g/mol. The van der Waals surface area contributed by atoms with E-state index < -0.39 is 5.92 Å². The average Bonchev–Trinajstić information content (AvgIpc) is 3.09. The fraction of sp³-hybridized carbons (Fsp3) is 0.682. The molecule has 2 spiro atoms. The molecule has 2 saturated carbocycles. The molecule has 3 unspecified atom stereocenters. The van der Waals surface area contributed by atoms with Gasteiger partial charge in [0, 0.05) is 30.0 Å². The Kier molecular flexibility index (Phi) is 3.83. The molecule has 2 fully saturated rings. The molecule has 3 aliphatic carbocycles. The van der Waals surface area contributed by atoms with Crippen molar-refractivity contribution in [3.05, 3.63) is 35.6 Å². The average molecular weight is 374 g/mol. The van der Waals surface area contributed by atoms with E-state index in [4.69, 9.17) is 9.73 Å². The number of aliphatic imine (C=N–C) groups is 1. The summed E-state index contributed by atoms with van der Waals surface area (Å²) in [5.74, 6) is -1.19. The highest BCUT2D eigenvalue weighted by molar-refractivity contribution is 5.90. The summed E-state index contributed by atoms with van der Waals surface area (Å²) < 4.78 is 33.1. The minimum atomic E-state index is -2.48. The molecule has 0 aromatic heterocycles. The molecule has 146 valence electrons. The maximum atomic E-state index is 13.6. The quantitative estimate of drug-likeness (QED) is 0.745. The Morgan fingerprint density at radius 1 is 1.15 bits per heavy atom. The van der Waals surface area contributed by atoms with E-state index >= 15 is 0 Å². The lowest BCUT2D eigenvalue weighted by atomic mass is 9.76. The molecule has 0 saturated heterocycles. The number of nitrogens with one attached hydrogen (secondary N) is 1. The summed E-state index contributed by atoms with van der Waals surface area (Å²) in [7, 11) is 0. The molecule has 2 aliphatic heterocycles. The van der Waals surface area contributed by atoms with Gasteiger partial charge in [-0.05, 0) is 62.2 Å². The Labute approximate surface area is 159 Å². The second-order valence-corrected chi connectivity index (χ2v) is 9.40. The fourth-order valence-corrected chi connectivity index (χ4v) is 5.80. The molecule has 0 aromatic rings. The van der Waals surface area contributed by atoms with Crippen LogP contribution in [-0.4, -0.2) is 30.0 Å². The Hall–Kier alpha value is -1.65. The van der Waals surface area contributed by atoms with E-state index in [9.17, 15) is 8.78 Å². The van der Waals surface area contributed by atoms with Crippen LogP contribution in [0, 0.1) is 11.3 Å². The van der Waals surface area contributed by atoms with Gasteiger partial charge in [-0.25, -0.2) is 13.8 Å². The summed E-state index contributed by atoms with van der Waals surface area (Å²) in [4.78, 5) is 4.93. The standard InChI is InChI=1S/C22H28F2N2O/c1-15-11-20-8-9-21(12-15)5-4-19(26-21)27-14-16(13-20)10-18(20)25-17-2-6-22(23,24)7-3-17/h4-5,10,13,15,17,25H,2-3,6-9,11-12,14H2,1H3. The largest absolute Gasteiger partial charge is 0.473 e. The predicted octanol–water partition coefficient (Wildman–Crippen LogP) is 4.91. The molecule has 0 aromatic carbocycles. The van der Waals surface area contributed by atoms with Gasteiger partial charge in [0.2, 0.25) is 11.8 Å². The summed E-state index contributed by atoms with van der Waals surface area (Å²) in [6.07, 6.45) is 14.2. The lowest BCUT2D eigenvalue weighted by Crippen LogP contribution is -2.40. The van der Waals surface area contributed by atoms with Crippen molar-refractivity contribution in [1.82, 2.24) is 5.32 Å². The minimum absolute atomic E-state index is 0.00411. The van der Waals surface area contributed by atoms with Crippen molar-refractivity contribution < 1.29 is 13.5 Å². The summed E-state index contributed by atoms with van der Waals surface area (Å²) in [5.41, 5.74) is 2.27. The van der Waals surface area contributed by atoms with Gasteiger partial charge in [0.25, 0.3) is 0 Å². The van der Waals surface area contributed by atoms with E-state index in [0.29, 0.717) is 25.4 Å². The van der Waals surface area contributed by atoms with Crippen LogP contribution in [0.3, 0.4) is 0 Å². The monoisotopic (exact) mass is 374 g/mol. The molecule has 5 rings (SSSR count). The zero-order valence-corrected chi connectivity index (χ0v) is 15.9. The van der Waals surface area contributed by atoms with Gasteiger partial charge >= 0.3 is 0 Å². The van der Waals surface area contributed by atoms with Gasteiger partial charge in [-0.15, -0.1) is 0 Å². The third-order valence-corrected chi connectivity index (χ3v) is 7.08. The van der Waals surface area contributed by atoms with E-state index in [0.717, 1.165) is 31.6 Å². The van der Waals surface area contributed by atoms with Crippen LogP contribution in [0.1, 0.15) is 58.3 Å². The van der Waals surface area contributed by atoms with Gasteiger partial charge in [0.05, 0.1) is 5.54 Å². The Balaban J connectivity index is 1.42. The van der Waals surface area contributed by atoms with Crippen molar-refractivity contribution in [2.24, 2.45) is 16.3 Å². The molecule has 27 heavy (non-hydrogen) atoms. The zero-order chi connectivity index (χ0) is 18.7. The first-order chi connectivity index (χ1) is 12.9. The van der Waals surface area contributed by atoms with E-state index in [-0.39, 0.29) is 29.8 Å². The van der Waals surface area contributed by atoms with Gasteiger partial charge in [0.15, 0.2) is 0 Å². The first-order valence-electron chi connectivity index (χ1n) is 10.4. The molecule has 0 radical (unpaired) electrons. The van der Waals surface area contributed by atoms with Crippen LogP contribution in [0.2, 0.25) is 0 Å². The Morgan fingerprint density at radius 3 is 2.78 bits per heavy atom. The SMILES string of the molecule is CC1CC23C=CC(=N2)OCC2=CC(CC3)(C1)C(NC1CCC(F)(F)CC1)=C2. The van der Waals surface area contributed by atoms with Crippen LogP contribution in [0.4, 0.5) is 8.78 Å². The van der Waals surface area contributed by atoms with Crippen molar-refractivity contribution in [1.29, 1.82) is 0 Å². The van der Waals surface area contributed by atoms with E-state index in [1.165, 1.54) is 11.3 Å². The zero-order valence-electron chi connectivity index (χ0n) is 15.9. The van der Waals surface area contributed by atoms with Gasteiger partial charge in [-0.2, -0.15) is 0 Å². The van der Waals surface area contributed by atoms with Crippen LogP contribution in [0.25, 0.3) is 0 Å². The van der Waals surface area contributed by atoms with Gasteiger partial charge in [-0.1, -0.05) is 19.1 Å². The smallest absolute Gasteiger partial charge is 0.248 e. The maximum Gasteiger partial charge on any atom is 0.248 e. The highest BCUT2D eigenvalue weighted by atomic mass is 19.3. The molecule has 3 atom stereocenters. The molecule has 2 heterocycles. The van der Waals surface area contributed by atoms with Crippen molar-refractivity contribution in [2.75, 3.05) is 6.61 Å². The van der Waals surface area contributed by atoms with Crippen molar-refractivity contribution in [2.45, 2.75) is 75.8 Å². The summed E-state index contributed by atoms with van der Waals surface area (Å²) in [6.45, 7) is 2.85. The second kappa shape index (κ2) is 5.92. The van der Waals surface area contributed by atoms with Crippen molar-refractivity contribution in [3.63, 3.8) is 0 Å². The summed E-state index contributed by atoms with van der Waals surface area (Å²) in [6, 6.07) is 0.148. The molecular formula is C22H28F2N2O. The van der Waals surface area contributed by atoms with E-state index in [1.807, 2.05) is 6.08 Å². The number of hydrogen-bond acceptors (Lipinski definition) is 3. The summed E-state index contributed by atoms with van der Waals surface area (Å²) >= 11 is 0. The van der Waals surface area contributed by atoms with Crippen LogP contribution in [0.5, 0.6) is 0 Å². The van der Waals surface area contributed by atoms with Crippen LogP contribution in [0.15, 0.2) is 40.6 Å². The number of fused-ring (bicyclic) bond motifs is 1. The number of allylic oxidation sites excluding steroid dienone is 1. The molecule has 0 amide bonds. The van der Waals surface area contributed by atoms with Crippen LogP contribution >= 0.6 is 0 Å². The van der Waals surface area contributed by atoms with Gasteiger partial charge < -0.3 is 10.1 Å². The number of halogens is 2. The lowest BCUT2D eigenvalue weighted by molar-refractivity contribution is -0.0400. The minimum Gasteiger partial charge on any atom is -0.473 e. The molecule has 3 nitrogen and oxygen atoms in total. The number of alkyl halides is 2. The fourth-order valence-electron chi connectivity index (χ4n) is 5.80. The number of rotatable bonds is 2. The number of hydrogen-bond donors (Lipinski definition) is 1. The predicted molar refractivity (Wildman–Crippen MR) is 102 cm³/mol. The van der Waals surface area contributed by atoms with Gasteiger partial charge in [-0.3, -0.25) is 0 Å². The van der Waals surface area contributed by atoms with Crippen molar-refractivity contribution >= 4 is 5.90 Å². The first-order valence-corrected chi connectivity index (χ1v) is 10.4. The lowest BCUT2D eigenvalue weighted by Gasteiger charge is -2.37. The number of ether oxygens (including phenoxy) is 1. The maximum absolute atomic E-state index is 13.6. The third kappa shape index (κ3) is 3.13. The van der Waals surface area contributed by atoms with E-state index in [2.05, 4.69) is 30.5 Å². The highest BCUT2D eigenvalue weighted by Crippen LogP contribution is 2.52. The molecule has 5 heteroatoms. The molecule has 5 aliphatic rings. The van der Waals surface area contributed by atoms with E-state index in [1.54, 1.807) is 0 Å². The molecule has 1 N–H and O–H groups in total. The number of nitrogens with zero attached hydrogens (tertiary/aromatic N) is 1. The van der Waals surface area contributed by atoms with Gasteiger partial charge in [0.1, 0.15) is 6.61 Å². The Morgan fingerprint density at radius 2 is 1.96 bits per heavy atom. The van der Waals surface area contributed by atoms with Crippen LogP contribution < -0.4 is 5.32 Å². The van der Waals surface area contributed by atoms with Crippen LogP contribution in [-0.2, 0) is 4.74 Å².